The Hall–Kier alpha value is -3.65. The zero-order chi connectivity index (χ0) is 24.5. The summed E-state index contributed by atoms with van der Waals surface area (Å²) in [5.41, 5.74) is 3.25. The van der Waals surface area contributed by atoms with Gasteiger partial charge >= 0.3 is 6.01 Å². The highest BCUT2D eigenvalue weighted by atomic mass is 35.5. The highest BCUT2D eigenvalue weighted by Gasteiger charge is 2.35. The van der Waals surface area contributed by atoms with Crippen molar-refractivity contribution in [2.45, 2.75) is 32.7 Å². The van der Waals surface area contributed by atoms with Crippen LogP contribution in [0.15, 0.2) is 69.2 Å². The molecule has 8 nitrogen and oxygen atoms in total. The Kier molecular flexibility index (Phi) is 6.30. The number of allylic oxidation sites excluding steroid dienone is 1. The van der Waals surface area contributed by atoms with Crippen LogP contribution in [0.3, 0.4) is 0 Å². The molecule has 1 fully saturated rings. The zero-order valence-corrected chi connectivity index (χ0v) is 20.3. The smallest absolute Gasteiger partial charge is 0.302 e. The van der Waals surface area contributed by atoms with Gasteiger partial charge in [-0.05, 0) is 44.9 Å². The molecule has 0 bridgehead atoms. The zero-order valence-electron chi connectivity index (χ0n) is 19.5. The summed E-state index contributed by atoms with van der Waals surface area (Å²) in [6.07, 6.45) is 1.60. The van der Waals surface area contributed by atoms with Crippen LogP contribution in [0.4, 0.5) is 6.01 Å². The van der Waals surface area contributed by atoms with Crippen LogP contribution < -0.4 is 10.6 Å². The number of para-hydroxylation sites is 2. The van der Waals surface area contributed by atoms with E-state index >= 15 is 0 Å². The first-order valence-electron chi connectivity index (χ1n) is 11.6. The quantitative estimate of drug-likeness (QED) is 0.549. The number of fused-ring (bicyclic) bond motifs is 1. The van der Waals surface area contributed by atoms with Crippen molar-refractivity contribution in [2.24, 2.45) is 10.9 Å². The first kappa shape index (κ1) is 23.1. The van der Waals surface area contributed by atoms with Crippen molar-refractivity contribution >= 4 is 46.4 Å². The number of nitrogens with zero attached hydrogens (tertiary/aromatic N) is 3. The van der Waals surface area contributed by atoms with E-state index < -0.39 is 6.04 Å². The number of piperidine rings is 1. The molecule has 1 saturated heterocycles. The van der Waals surface area contributed by atoms with Crippen LogP contribution in [-0.4, -0.2) is 40.6 Å². The molecule has 1 amide bonds. The van der Waals surface area contributed by atoms with Crippen LogP contribution in [0.25, 0.3) is 11.1 Å². The molecule has 0 radical (unpaired) electrons. The van der Waals surface area contributed by atoms with E-state index in [1.807, 2.05) is 49.4 Å². The molecule has 2 aliphatic heterocycles. The van der Waals surface area contributed by atoms with Gasteiger partial charge in [0.15, 0.2) is 5.58 Å². The Labute approximate surface area is 208 Å². The Bertz CT molecular complexity index is 1330. The van der Waals surface area contributed by atoms with E-state index in [2.05, 4.69) is 15.6 Å². The first-order chi connectivity index (χ1) is 16.9. The van der Waals surface area contributed by atoms with Gasteiger partial charge in [-0.1, -0.05) is 41.9 Å². The summed E-state index contributed by atoms with van der Waals surface area (Å²) in [6.45, 7) is 4.45. The number of carbonyl (C=O) groups is 2. The number of anilines is 1. The second-order valence-corrected chi connectivity index (χ2v) is 9.29. The molecule has 3 aromatic rings. The van der Waals surface area contributed by atoms with Gasteiger partial charge in [-0.25, -0.2) is 4.99 Å². The normalized spacial score (nSPS) is 20.4. The minimum atomic E-state index is -0.637. The lowest BCUT2D eigenvalue weighted by atomic mass is 9.91. The van der Waals surface area contributed by atoms with Crippen LogP contribution in [0.5, 0.6) is 0 Å². The monoisotopic (exact) mass is 491 g/mol. The van der Waals surface area contributed by atoms with Gasteiger partial charge in [-0.3, -0.25) is 14.9 Å². The van der Waals surface area contributed by atoms with Gasteiger partial charge in [-0.15, -0.1) is 0 Å². The standard InChI is InChI=1S/C26H26ClN5O3/c1-15-22(24(34)32-13-7-8-17(14-32)16(2)33)23(18-9-3-4-10-19(18)27)30-25(28-15)31-26-29-20-11-5-6-12-21(20)35-26/h3-6,9-12,17,23H,7-8,13-14H2,1-2H3,(H2,28,29,30,31). The molecule has 35 heavy (non-hydrogen) atoms. The second kappa shape index (κ2) is 9.54. The average molecular weight is 492 g/mol. The summed E-state index contributed by atoms with van der Waals surface area (Å²) in [4.78, 5) is 36.8. The third-order valence-corrected chi connectivity index (χ3v) is 6.82. The fourth-order valence-corrected chi connectivity index (χ4v) is 4.87. The highest BCUT2D eigenvalue weighted by molar-refractivity contribution is 6.31. The van der Waals surface area contributed by atoms with E-state index in [1.54, 1.807) is 17.9 Å². The van der Waals surface area contributed by atoms with Crippen LogP contribution in [0.1, 0.15) is 38.3 Å². The van der Waals surface area contributed by atoms with E-state index in [0.29, 0.717) is 46.9 Å². The maximum absolute atomic E-state index is 13.8. The number of oxazole rings is 1. The minimum absolute atomic E-state index is 0.112. The minimum Gasteiger partial charge on any atom is -0.423 e. The molecule has 2 atom stereocenters. The number of carbonyl (C=O) groups excluding carboxylic acids is 2. The number of hydrogen-bond donors (Lipinski definition) is 2. The number of likely N-dealkylation sites (tertiary alicyclic amines) is 1. The number of halogens is 1. The lowest BCUT2D eigenvalue weighted by Gasteiger charge is -2.35. The molecule has 0 saturated carbocycles. The summed E-state index contributed by atoms with van der Waals surface area (Å²) in [6, 6.07) is 14.5. The SMILES string of the molecule is CC(=O)C1CCCN(C(=O)C2=C(C)NC(Nc3nc4ccccc4o3)=NC2c2ccccc2Cl)C1. The van der Waals surface area contributed by atoms with Crippen LogP contribution >= 0.6 is 11.6 Å². The highest BCUT2D eigenvalue weighted by Crippen LogP contribution is 2.36. The third kappa shape index (κ3) is 4.66. The molecule has 0 spiro atoms. The molecule has 1 aromatic heterocycles. The predicted octanol–water partition coefficient (Wildman–Crippen LogP) is 4.70. The van der Waals surface area contributed by atoms with E-state index in [4.69, 9.17) is 21.0 Å². The van der Waals surface area contributed by atoms with Crippen molar-refractivity contribution in [1.82, 2.24) is 15.2 Å². The van der Waals surface area contributed by atoms with Gasteiger partial charge in [0.1, 0.15) is 17.3 Å². The fraction of sp³-hybridized carbons (Fsp3) is 0.308. The summed E-state index contributed by atoms with van der Waals surface area (Å²) >= 11 is 6.55. The van der Waals surface area contributed by atoms with Gasteiger partial charge in [-0.2, -0.15) is 4.98 Å². The lowest BCUT2D eigenvalue weighted by Crippen LogP contribution is -2.45. The number of amides is 1. The molecule has 2 aromatic carbocycles. The second-order valence-electron chi connectivity index (χ2n) is 8.88. The Balaban J connectivity index is 1.48. The van der Waals surface area contributed by atoms with E-state index in [-0.39, 0.29) is 17.6 Å². The van der Waals surface area contributed by atoms with Gasteiger partial charge in [0, 0.05) is 35.3 Å². The van der Waals surface area contributed by atoms with Gasteiger partial charge in [0.05, 0.1) is 5.57 Å². The van der Waals surface area contributed by atoms with Gasteiger partial charge in [0.2, 0.25) is 5.96 Å². The number of hydrogen-bond acceptors (Lipinski definition) is 7. The van der Waals surface area contributed by atoms with Crippen LogP contribution in [0, 0.1) is 5.92 Å². The molecule has 3 heterocycles. The number of nitrogens with one attached hydrogen (secondary N) is 2. The van der Waals surface area contributed by atoms with E-state index in [1.165, 1.54) is 0 Å². The topological polar surface area (TPSA) is 99.8 Å². The van der Waals surface area contributed by atoms with Gasteiger partial charge in [0.25, 0.3) is 5.91 Å². The van der Waals surface area contributed by atoms with Crippen molar-refractivity contribution in [3.05, 3.63) is 70.4 Å². The largest absolute Gasteiger partial charge is 0.423 e. The first-order valence-corrected chi connectivity index (χ1v) is 12.0. The fourth-order valence-electron chi connectivity index (χ4n) is 4.63. The van der Waals surface area contributed by atoms with E-state index in [0.717, 1.165) is 23.9 Å². The number of guanidine groups is 1. The maximum Gasteiger partial charge on any atom is 0.302 e. The molecule has 2 N–H and O–H groups in total. The molecular weight excluding hydrogens is 466 g/mol. The van der Waals surface area contributed by atoms with Crippen molar-refractivity contribution < 1.29 is 14.0 Å². The molecule has 0 aliphatic carbocycles. The lowest BCUT2D eigenvalue weighted by molar-refractivity contribution is -0.131. The van der Waals surface area contributed by atoms with Crippen molar-refractivity contribution in [3.63, 3.8) is 0 Å². The van der Waals surface area contributed by atoms with Gasteiger partial charge < -0.3 is 14.6 Å². The Morgan fingerprint density at radius 3 is 2.71 bits per heavy atom. The molecular formula is C26H26ClN5O3. The summed E-state index contributed by atoms with van der Waals surface area (Å²) < 4.78 is 5.78. The number of rotatable bonds is 4. The molecule has 2 aliphatic rings. The average Bonchev–Trinajstić information content (AvgIpc) is 3.26. The summed E-state index contributed by atoms with van der Waals surface area (Å²) in [5.74, 6) is 0.232. The number of aromatic nitrogens is 1. The summed E-state index contributed by atoms with van der Waals surface area (Å²) in [7, 11) is 0. The van der Waals surface area contributed by atoms with Crippen molar-refractivity contribution in [3.8, 4) is 0 Å². The van der Waals surface area contributed by atoms with Crippen molar-refractivity contribution in [2.75, 3.05) is 18.4 Å². The van der Waals surface area contributed by atoms with Crippen molar-refractivity contribution in [1.29, 1.82) is 0 Å². The summed E-state index contributed by atoms with van der Waals surface area (Å²) in [5, 5.41) is 6.81. The predicted molar refractivity (Wildman–Crippen MR) is 135 cm³/mol. The number of aliphatic imine (C=N–C) groups is 1. The maximum atomic E-state index is 13.8. The molecule has 9 heteroatoms. The number of ketones is 1. The third-order valence-electron chi connectivity index (χ3n) is 6.47. The molecule has 180 valence electrons. The number of benzene rings is 2. The Morgan fingerprint density at radius 1 is 1.17 bits per heavy atom. The molecule has 5 rings (SSSR count). The van der Waals surface area contributed by atoms with E-state index in [9.17, 15) is 9.59 Å². The van der Waals surface area contributed by atoms with Crippen LogP contribution in [0.2, 0.25) is 5.02 Å². The Morgan fingerprint density at radius 2 is 1.94 bits per heavy atom. The van der Waals surface area contributed by atoms with Crippen LogP contribution in [-0.2, 0) is 9.59 Å². The molecule has 2 unspecified atom stereocenters. The number of Topliss-reactive ketones (excluding diaryl/α,β-unsaturated/α-hetero) is 1.